The molecule has 5 rings (SSSR count). The smallest absolute Gasteiger partial charge is 0.258 e. The largest absolute Gasteiger partial charge is 0.289 e. The van der Waals surface area contributed by atoms with E-state index in [1.54, 1.807) is 33.8 Å². The number of rotatable bonds is 6. The molecule has 1 N–H and O–H groups in total. The number of anilines is 1. The molecule has 3 aromatic heterocycles. The number of nitrogens with one attached hydrogen (secondary N) is 1. The Balaban J connectivity index is 1.43. The van der Waals surface area contributed by atoms with Crippen molar-refractivity contribution >= 4 is 22.8 Å². The summed E-state index contributed by atoms with van der Waals surface area (Å²) in [4.78, 5) is 22.1. The van der Waals surface area contributed by atoms with Crippen molar-refractivity contribution in [2.45, 2.75) is 20.0 Å². The van der Waals surface area contributed by atoms with Crippen LogP contribution in [0.1, 0.15) is 22.8 Å². The van der Waals surface area contributed by atoms with Crippen LogP contribution in [-0.4, -0.2) is 35.4 Å². The van der Waals surface area contributed by atoms with Crippen molar-refractivity contribution in [3.8, 4) is 11.3 Å². The minimum absolute atomic E-state index is 0.164. The van der Waals surface area contributed by atoms with Crippen molar-refractivity contribution in [2.75, 3.05) is 5.32 Å². The van der Waals surface area contributed by atoms with Crippen LogP contribution in [0.2, 0.25) is 0 Å². The third kappa shape index (κ3) is 4.33. The first-order valence-corrected chi connectivity index (χ1v) is 10.5. The van der Waals surface area contributed by atoms with Crippen molar-refractivity contribution in [3.63, 3.8) is 0 Å². The molecular formula is C24H20FN7O. The highest BCUT2D eigenvalue weighted by molar-refractivity contribution is 6.12. The van der Waals surface area contributed by atoms with Crippen LogP contribution in [0.15, 0.2) is 73.3 Å². The number of hydrogen-bond acceptors (Lipinski definition) is 5. The molecule has 0 fully saturated rings. The fraction of sp³-hybridized carbons (Fsp3) is 0.125. The van der Waals surface area contributed by atoms with Gasteiger partial charge in [-0.2, -0.15) is 5.10 Å². The van der Waals surface area contributed by atoms with Crippen molar-refractivity contribution in [1.29, 1.82) is 0 Å². The minimum Gasteiger partial charge on any atom is -0.289 e. The maximum Gasteiger partial charge on any atom is 0.258 e. The van der Waals surface area contributed by atoms with Gasteiger partial charge in [-0.3, -0.25) is 14.8 Å². The molecule has 33 heavy (non-hydrogen) atoms. The van der Waals surface area contributed by atoms with Gasteiger partial charge in [-0.1, -0.05) is 30.3 Å². The van der Waals surface area contributed by atoms with Crippen molar-refractivity contribution in [1.82, 2.24) is 29.5 Å². The molecule has 0 aliphatic rings. The van der Waals surface area contributed by atoms with E-state index in [1.807, 2.05) is 37.4 Å². The van der Waals surface area contributed by atoms with Gasteiger partial charge in [0.15, 0.2) is 0 Å². The number of carbonyl (C=O) groups is 1. The van der Waals surface area contributed by atoms with Gasteiger partial charge in [0.25, 0.3) is 5.91 Å². The van der Waals surface area contributed by atoms with Crippen molar-refractivity contribution in [2.24, 2.45) is 0 Å². The first kappa shape index (κ1) is 20.5. The highest BCUT2D eigenvalue weighted by Gasteiger charge is 2.16. The van der Waals surface area contributed by atoms with E-state index in [2.05, 4.69) is 20.5 Å². The Morgan fingerprint density at radius 1 is 1.09 bits per heavy atom. The number of nitrogens with zero attached hydrogens (tertiary/aromatic N) is 6. The normalized spacial score (nSPS) is 11.1. The average Bonchev–Trinajstić information content (AvgIpc) is 3.48. The molecule has 2 aromatic carbocycles. The predicted octanol–water partition coefficient (Wildman–Crippen LogP) is 4.15. The molecule has 0 saturated carbocycles. The molecular weight excluding hydrogens is 421 g/mol. The van der Waals surface area contributed by atoms with Gasteiger partial charge in [-0.05, 0) is 36.8 Å². The minimum atomic E-state index is -0.346. The van der Waals surface area contributed by atoms with E-state index in [0.717, 1.165) is 23.1 Å². The van der Waals surface area contributed by atoms with E-state index < -0.39 is 0 Å². The number of halogens is 1. The molecule has 1 amide bonds. The summed E-state index contributed by atoms with van der Waals surface area (Å²) in [6.07, 6.45) is 5.13. The predicted molar refractivity (Wildman–Crippen MR) is 122 cm³/mol. The molecule has 0 bridgehead atoms. The first-order chi connectivity index (χ1) is 16.1. The van der Waals surface area contributed by atoms with Crippen LogP contribution >= 0.6 is 0 Å². The van der Waals surface area contributed by atoms with E-state index in [1.165, 1.54) is 18.5 Å². The molecule has 164 valence electrons. The number of hydrogen-bond donors (Lipinski definition) is 1. The van der Waals surface area contributed by atoms with Gasteiger partial charge in [0.2, 0.25) is 5.95 Å². The standard InChI is InChI=1S/C24H20FN7O/c1-2-31-14-17(12-27-31)22-11-20(19-8-3-4-9-21(19)28-22)23(33)29-24-26-15-32(30-24)13-16-6-5-7-18(25)10-16/h3-12,14-15H,2,13H2,1H3,(H,29,30,33). The van der Waals surface area contributed by atoms with Gasteiger partial charge in [0.05, 0.1) is 29.5 Å². The Morgan fingerprint density at radius 3 is 2.79 bits per heavy atom. The Labute approximate surface area is 188 Å². The highest BCUT2D eigenvalue weighted by atomic mass is 19.1. The van der Waals surface area contributed by atoms with E-state index in [0.29, 0.717) is 23.3 Å². The maximum absolute atomic E-state index is 13.4. The zero-order valence-corrected chi connectivity index (χ0v) is 17.8. The van der Waals surface area contributed by atoms with Gasteiger partial charge in [0.1, 0.15) is 12.1 Å². The Bertz CT molecular complexity index is 1460. The third-order valence-corrected chi connectivity index (χ3v) is 5.21. The topological polar surface area (TPSA) is 90.5 Å². The Morgan fingerprint density at radius 2 is 1.97 bits per heavy atom. The fourth-order valence-electron chi connectivity index (χ4n) is 3.60. The molecule has 0 atom stereocenters. The number of amides is 1. The third-order valence-electron chi connectivity index (χ3n) is 5.21. The molecule has 0 radical (unpaired) electrons. The number of para-hydroxylation sites is 1. The van der Waals surface area contributed by atoms with Crippen LogP contribution in [0.25, 0.3) is 22.2 Å². The van der Waals surface area contributed by atoms with Crippen molar-refractivity contribution in [3.05, 3.63) is 90.3 Å². The zero-order chi connectivity index (χ0) is 22.8. The molecule has 0 aliphatic carbocycles. The molecule has 8 nitrogen and oxygen atoms in total. The number of aryl methyl sites for hydroxylation is 1. The van der Waals surface area contributed by atoms with Gasteiger partial charge >= 0.3 is 0 Å². The SMILES string of the molecule is CCn1cc(-c2cc(C(=O)Nc3ncn(Cc4cccc(F)c4)n3)c3ccccc3n2)cn1. The Kier molecular flexibility index (Phi) is 5.35. The summed E-state index contributed by atoms with van der Waals surface area (Å²) in [7, 11) is 0. The molecule has 5 aromatic rings. The number of carbonyl (C=O) groups excluding carboxylic acids is 1. The van der Waals surface area contributed by atoms with Crippen LogP contribution in [-0.2, 0) is 13.1 Å². The monoisotopic (exact) mass is 441 g/mol. The maximum atomic E-state index is 13.4. The van der Waals surface area contributed by atoms with Gasteiger partial charge < -0.3 is 0 Å². The summed E-state index contributed by atoms with van der Waals surface area (Å²) in [5.41, 5.74) is 3.39. The number of aromatic nitrogens is 6. The number of fused-ring (bicyclic) bond motifs is 1. The van der Waals surface area contributed by atoms with Gasteiger partial charge in [-0.25, -0.2) is 19.0 Å². The summed E-state index contributed by atoms with van der Waals surface area (Å²) in [6, 6.07) is 15.5. The average molecular weight is 441 g/mol. The fourth-order valence-corrected chi connectivity index (χ4v) is 3.60. The second-order valence-corrected chi connectivity index (χ2v) is 7.51. The van der Waals surface area contributed by atoms with E-state index in [-0.39, 0.29) is 17.7 Å². The van der Waals surface area contributed by atoms with Crippen LogP contribution in [0.3, 0.4) is 0 Å². The molecule has 0 saturated heterocycles. The number of pyridine rings is 1. The molecule has 0 spiro atoms. The van der Waals surface area contributed by atoms with E-state index >= 15 is 0 Å². The van der Waals surface area contributed by atoms with Gasteiger partial charge in [0, 0.05) is 23.7 Å². The first-order valence-electron chi connectivity index (χ1n) is 10.5. The summed E-state index contributed by atoms with van der Waals surface area (Å²) in [6.45, 7) is 3.08. The van der Waals surface area contributed by atoms with Crippen LogP contribution in [0.5, 0.6) is 0 Å². The van der Waals surface area contributed by atoms with E-state index in [9.17, 15) is 9.18 Å². The zero-order valence-electron chi connectivity index (χ0n) is 17.8. The molecule has 9 heteroatoms. The Hall–Kier alpha value is -4.40. The summed E-state index contributed by atoms with van der Waals surface area (Å²) < 4.78 is 16.8. The lowest BCUT2D eigenvalue weighted by Crippen LogP contribution is -2.14. The number of benzene rings is 2. The van der Waals surface area contributed by atoms with Crippen LogP contribution in [0.4, 0.5) is 10.3 Å². The molecule has 0 unspecified atom stereocenters. The molecule has 3 heterocycles. The lowest BCUT2D eigenvalue weighted by Gasteiger charge is -2.08. The quantitative estimate of drug-likeness (QED) is 0.428. The van der Waals surface area contributed by atoms with Crippen LogP contribution < -0.4 is 5.32 Å². The highest BCUT2D eigenvalue weighted by Crippen LogP contribution is 2.25. The summed E-state index contributed by atoms with van der Waals surface area (Å²) in [5, 5.41) is 12.1. The van der Waals surface area contributed by atoms with Crippen molar-refractivity contribution < 1.29 is 9.18 Å². The van der Waals surface area contributed by atoms with E-state index in [4.69, 9.17) is 4.98 Å². The summed E-state index contributed by atoms with van der Waals surface area (Å²) >= 11 is 0. The second kappa shape index (κ2) is 8.62. The van der Waals surface area contributed by atoms with Gasteiger partial charge in [-0.15, -0.1) is 5.10 Å². The second-order valence-electron chi connectivity index (χ2n) is 7.51. The van der Waals surface area contributed by atoms with Crippen LogP contribution in [0, 0.1) is 5.82 Å². The lowest BCUT2D eigenvalue weighted by atomic mass is 10.1. The molecule has 0 aliphatic heterocycles. The summed E-state index contributed by atoms with van der Waals surface area (Å²) in [5.74, 6) is -0.495. The lowest BCUT2D eigenvalue weighted by molar-refractivity contribution is 0.102.